The van der Waals surface area contributed by atoms with E-state index in [1.165, 1.54) is 0 Å². The number of nitrogens with one attached hydrogen (secondary N) is 1. The Labute approximate surface area is 137 Å². The second kappa shape index (κ2) is 6.04. The summed E-state index contributed by atoms with van der Waals surface area (Å²) in [5, 5.41) is 4.72. The van der Waals surface area contributed by atoms with Crippen LogP contribution in [0.3, 0.4) is 0 Å². The Morgan fingerprint density at radius 3 is 2.79 bits per heavy atom. The summed E-state index contributed by atoms with van der Waals surface area (Å²) in [5.74, 6) is 0.385. The minimum atomic E-state index is -0.236. The van der Waals surface area contributed by atoms with Crippen molar-refractivity contribution >= 4 is 33.5 Å². The summed E-state index contributed by atoms with van der Waals surface area (Å²) < 4.78 is 11.4. The van der Waals surface area contributed by atoms with Crippen LogP contribution in [0.25, 0.3) is 21.9 Å². The van der Waals surface area contributed by atoms with Crippen LogP contribution in [-0.2, 0) is 4.79 Å². The van der Waals surface area contributed by atoms with Crippen LogP contribution in [0.1, 0.15) is 0 Å². The molecule has 0 aliphatic heterocycles. The molecule has 1 N–H and O–H groups in total. The number of fused-ring (bicyclic) bond motifs is 3. The lowest BCUT2D eigenvalue weighted by Gasteiger charge is -2.07. The zero-order valence-electron chi connectivity index (χ0n) is 12.7. The van der Waals surface area contributed by atoms with E-state index in [9.17, 15) is 4.79 Å². The molecule has 2 aromatic heterocycles. The second-order valence-electron chi connectivity index (χ2n) is 5.33. The fourth-order valence-electron chi connectivity index (χ4n) is 2.58. The summed E-state index contributed by atoms with van der Waals surface area (Å²) in [7, 11) is 0. The van der Waals surface area contributed by atoms with E-state index in [4.69, 9.17) is 9.15 Å². The van der Waals surface area contributed by atoms with Gasteiger partial charge in [0.1, 0.15) is 16.9 Å². The molecule has 0 atom stereocenters. The highest BCUT2D eigenvalue weighted by Crippen LogP contribution is 2.31. The molecule has 2 heterocycles. The summed E-state index contributed by atoms with van der Waals surface area (Å²) >= 11 is 0. The van der Waals surface area contributed by atoms with Crippen LogP contribution in [0, 0.1) is 0 Å². The number of anilines is 1. The largest absolute Gasteiger partial charge is 0.484 e. The molecular formula is C19H14N2O3. The molecule has 0 saturated carbocycles. The predicted octanol–water partition coefficient (Wildman–Crippen LogP) is 4.00. The molecule has 5 heteroatoms. The third kappa shape index (κ3) is 2.79. The monoisotopic (exact) mass is 318 g/mol. The van der Waals surface area contributed by atoms with Crippen LogP contribution in [0.4, 0.5) is 5.69 Å². The summed E-state index contributed by atoms with van der Waals surface area (Å²) in [5.41, 5.74) is 2.27. The Bertz CT molecular complexity index is 1010. The second-order valence-corrected chi connectivity index (χ2v) is 5.33. The quantitative estimate of drug-likeness (QED) is 0.618. The normalized spacial score (nSPS) is 10.8. The van der Waals surface area contributed by atoms with Gasteiger partial charge in [0.05, 0.1) is 11.9 Å². The highest BCUT2D eigenvalue weighted by molar-refractivity contribution is 6.05. The number of carbonyl (C=O) groups is 1. The zero-order chi connectivity index (χ0) is 16.4. The van der Waals surface area contributed by atoms with Gasteiger partial charge in [-0.15, -0.1) is 0 Å². The number of hydrogen-bond acceptors (Lipinski definition) is 4. The Morgan fingerprint density at radius 1 is 1.04 bits per heavy atom. The maximum absolute atomic E-state index is 11.9. The van der Waals surface area contributed by atoms with Crippen LogP contribution in [0.15, 0.2) is 71.4 Å². The molecule has 118 valence electrons. The SMILES string of the molecule is O=C(COc1ccc2oc3ccccc3c2c1)Nc1cccnc1. The first-order valence-corrected chi connectivity index (χ1v) is 7.53. The highest BCUT2D eigenvalue weighted by atomic mass is 16.5. The zero-order valence-corrected chi connectivity index (χ0v) is 12.7. The van der Waals surface area contributed by atoms with Gasteiger partial charge in [-0.25, -0.2) is 0 Å². The number of rotatable bonds is 4. The van der Waals surface area contributed by atoms with Crippen molar-refractivity contribution in [1.82, 2.24) is 4.98 Å². The number of carbonyl (C=O) groups excluding carboxylic acids is 1. The van der Waals surface area contributed by atoms with Crippen molar-refractivity contribution in [3.8, 4) is 5.75 Å². The molecule has 1 amide bonds. The van der Waals surface area contributed by atoms with Crippen LogP contribution >= 0.6 is 0 Å². The molecule has 4 aromatic rings. The Balaban J connectivity index is 1.50. The van der Waals surface area contributed by atoms with E-state index in [1.54, 1.807) is 30.6 Å². The fourth-order valence-corrected chi connectivity index (χ4v) is 2.58. The summed E-state index contributed by atoms with van der Waals surface area (Å²) in [4.78, 5) is 15.9. The minimum Gasteiger partial charge on any atom is -0.484 e. The highest BCUT2D eigenvalue weighted by Gasteiger charge is 2.09. The number of pyridine rings is 1. The van der Waals surface area contributed by atoms with Gasteiger partial charge in [0.2, 0.25) is 0 Å². The molecule has 5 nitrogen and oxygen atoms in total. The van der Waals surface area contributed by atoms with Gasteiger partial charge in [-0.1, -0.05) is 18.2 Å². The number of ether oxygens (including phenoxy) is 1. The predicted molar refractivity (Wildman–Crippen MR) is 92.1 cm³/mol. The lowest BCUT2D eigenvalue weighted by atomic mass is 10.1. The number of para-hydroxylation sites is 1. The van der Waals surface area contributed by atoms with Crippen molar-refractivity contribution in [2.75, 3.05) is 11.9 Å². The Hall–Kier alpha value is -3.34. The van der Waals surface area contributed by atoms with Gasteiger partial charge < -0.3 is 14.5 Å². The standard InChI is InChI=1S/C19H14N2O3/c22-19(21-13-4-3-9-20-11-13)12-23-14-7-8-18-16(10-14)15-5-1-2-6-17(15)24-18/h1-11H,12H2,(H,21,22). The lowest BCUT2D eigenvalue weighted by molar-refractivity contribution is -0.118. The maximum Gasteiger partial charge on any atom is 0.262 e. The third-order valence-electron chi connectivity index (χ3n) is 3.66. The number of hydrogen-bond donors (Lipinski definition) is 1. The average molecular weight is 318 g/mol. The number of amides is 1. The molecule has 2 aromatic carbocycles. The fraction of sp³-hybridized carbons (Fsp3) is 0.0526. The van der Waals surface area contributed by atoms with Crippen LogP contribution in [0.2, 0.25) is 0 Å². The molecule has 0 unspecified atom stereocenters. The van der Waals surface area contributed by atoms with Crippen LogP contribution < -0.4 is 10.1 Å². The molecule has 0 spiro atoms. The molecule has 0 fully saturated rings. The lowest BCUT2D eigenvalue weighted by Crippen LogP contribution is -2.20. The number of nitrogens with zero attached hydrogens (tertiary/aromatic N) is 1. The Kier molecular flexibility index (Phi) is 3.59. The molecular weight excluding hydrogens is 304 g/mol. The number of aromatic nitrogens is 1. The van der Waals surface area contributed by atoms with Gasteiger partial charge in [0.25, 0.3) is 5.91 Å². The molecule has 4 rings (SSSR count). The summed E-state index contributed by atoms with van der Waals surface area (Å²) in [6.07, 6.45) is 3.23. The first kappa shape index (κ1) is 14.3. The van der Waals surface area contributed by atoms with Gasteiger partial charge in [-0.3, -0.25) is 9.78 Å². The van der Waals surface area contributed by atoms with E-state index in [1.807, 2.05) is 36.4 Å². The van der Waals surface area contributed by atoms with Crippen LogP contribution in [0.5, 0.6) is 5.75 Å². The number of furan rings is 1. The molecule has 0 aliphatic rings. The molecule has 0 aliphatic carbocycles. The van der Waals surface area contributed by atoms with E-state index < -0.39 is 0 Å². The molecule has 0 radical (unpaired) electrons. The topological polar surface area (TPSA) is 64.4 Å². The molecule has 0 saturated heterocycles. The third-order valence-corrected chi connectivity index (χ3v) is 3.66. The van der Waals surface area contributed by atoms with Crippen molar-refractivity contribution in [2.24, 2.45) is 0 Å². The van der Waals surface area contributed by atoms with Gasteiger partial charge in [0.15, 0.2) is 6.61 Å². The van der Waals surface area contributed by atoms with Crippen molar-refractivity contribution in [1.29, 1.82) is 0 Å². The maximum atomic E-state index is 11.9. The number of benzene rings is 2. The first-order chi connectivity index (χ1) is 11.8. The molecule has 0 bridgehead atoms. The summed E-state index contributed by atoms with van der Waals surface area (Å²) in [6.45, 7) is -0.0732. The van der Waals surface area contributed by atoms with Gasteiger partial charge in [0, 0.05) is 17.0 Å². The van der Waals surface area contributed by atoms with E-state index in [0.717, 1.165) is 21.9 Å². The Morgan fingerprint density at radius 2 is 1.92 bits per heavy atom. The smallest absolute Gasteiger partial charge is 0.262 e. The van der Waals surface area contributed by atoms with Gasteiger partial charge in [-0.05, 0) is 36.4 Å². The van der Waals surface area contributed by atoms with E-state index in [0.29, 0.717) is 11.4 Å². The van der Waals surface area contributed by atoms with Crippen molar-refractivity contribution in [2.45, 2.75) is 0 Å². The summed E-state index contributed by atoms with van der Waals surface area (Å²) in [6, 6.07) is 16.9. The minimum absolute atomic E-state index is 0.0732. The van der Waals surface area contributed by atoms with Crippen LogP contribution in [-0.4, -0.2) is 17.5 Å². The molecule has 24 heavy (non-hydrogen) atoms. The van der Waals surface area contributed by atoms with Gasteiger partial charge in [-0.2, -0.15) is 0 Å². The van der Waals surface area contributed by atoms with Crippen molar-refractivity contribution < 1.29 is 13.9 Å². The first-order valence-electron chi connectivity index (χ1n) is 7.53. The van der Waals surface area contributed by atoms with Crippen molar-refractivity contribution in [3.05, 3.63) is 67.0 Å². The van der Waals surface area contributed by atoms with E-state index in [2.05, 4.69) is 10.3 Å². The van der Waals surface area contributed by atoms with E-state index in [-0.39, 0.29) is 12.5 Å². The average Bonchev–Trinajstić information content (AvgIpc) is 2.99. The van der Waals surface area contributed by atoms with Crippen molar-refractivity contribution in [3.63, 3.8) is 0 Å². The van der Waals surface area contributed by atoms with E-state index >= 15 is 0 Å². The van der Waals surface area contributed by atoms with Gasteiger partial charge >= 0.3 is 0 Å².